The number of carbonyl (C=O) groups is 3. The number of anilines is 1. The number of Topliss-reactive ketones (excluding diaryl/α,β-unsaturated/α-hetero) is 1. The smallest absolute Gasteiger partial charge is 0.306 e. The summed E-state index contributed by atoms with van der Waals surface area (Å²) in [6.07, 6.45) is -0.144. The lowest BCUT2D eigenvalue weighted by molar-refractivity contribution is -0.384. The molecular formula is C19H20N2O7S. The van der Waals surface area contributed by atoms with Gasteiger partial charge in [0.1, 0.15) is 5.75 Å². The summed E-state index contributed by atoms with van der Waals surface area (Å²) in [7, 11) is 1.31. The normalized spacial score (nSPS) is 10.3. The highest BCUT2D eigenvalue weighted by atomic mass is 32.1. The molecule has 1 aromatic heterocycles. The second-order valence-electron chi connectivity index (χ2n) is 6.10. The van der Waals surface area contributed by atoms with Gasteiger partial charge in [-0.25, -0.2) is 0 Å². The number of nitrogens with zero attached hydrogens (tertiary/aromatic N) is 1. The SMILES string of the molecule is COc1cc([N+](=O)[O-])ccc1NC(=O)COC(=O)CCC(=O)c1cc(C)sc1C. The lowest BCUT2D eigenvalue weighted by Crippen LogP contribution is -2.21. The van der Waals surface area contributed by atoms with Gasteiger partial charge in [0.05, 0.1) is 30.2 Å². The van der Waals surface area contributed by atoms with Crippen molar-refractivity contribution in [1.29, 1.82) is 0 Å². The van der Waals surface area contributed by atoms with Crippen LogP contribution in [-0.4, -0.2) is 36.3 Å². The highest BCUT2D eigenvalue weighted by Crippen LogP contribution is 2.29. The van der Waals surface area contributed by atoms with Crippen LogP contribution in [0.2, 0.25) is 0 Å². The van der Waals surface area contributed by atoms with E-state index in [9.17, 15) is 24.5 Å². The van der Waals surface area contributed by atoms with Gasteiger partial charge in [-0.1, -0.05) is 0 Å². The van der Waals surface area contributed by atoms with Crippen molar-refractivity contribution in [3.63, 3.8) is 0 Å². The highest BCUT2D eigenvalue weighted by Gasteiger charge is 2.17. The van der Waals surface area contributed by atoms with Crippen LogP contribution in [0.15, 0.2) is 24.3 Å². The third kappa shape index (κ3) is 6.11. The zero-order valence-corrected chi connectivity index (χ0v) is 17.0. The summed E-state index contributed by atoms with van der Waals surface area (Å²) in [6, 6.07) is 5.49. The average Bonchev–Trinajstić information content (AvgIpc) is 3.02. The molecule has 0 saturated heterocycles. The maximum Gasteiger partial charge on any atom is 0.306 e. The zero-order chi connectivity index (χ0) is 21.6. The number of hydrogen-bond donors (Lipinski definition) is 1. The van der Waals surface area contributed by atoms with E-state index in [4.69, 9.17) is 9.47 Å². The van der Waals surface area contributed by atoms with Crippen LogP contribution in [0.4, 0.5) is 11.4 Å². The highest BCUT2D eigenvalue weighted by molar-refractivity contribution is 7.12. The lowest BCUT2D eigenvalue weighted by Gasteiger charge is -2.10. The number of nitrogens with one attached hydrogen (secondary N) is 1. The molecule has 0 aliphatic carbocycles. The van der Waals surface area contributed by atoms with Crippen molar-refractivity contribution in [2.75, 3.05) is 19.0 Å². The van der Waals surface area contributed by atoms with Crippen LogP contribution in [-0.2, 0) is 14.3 Å². The van der Waals surface area contributed by atoms with Crippen molar-refractivity contribution < 1.29 is 28.8 Å². The summed E-state index contributed by atoms with van der Waals surface area (Å²) < 4.78 is 9.90. The van der Waals surface area contributed by atoms with Crippen LogP contribution in [0, 0.1) is 24.0 Å². The maximum absolute atomic E-state index is 12.2. The Bertz CT molecular complexity index is 952. The third-order valence-corrected chi connectivity index (χ3v) is 4.90. The van der Waals surface area contributed by atoms with Crippen LogP contribution in [0.3, 0.4) is 0 Å². The van der Waals surface area contributed by atoms with Gasteiger partial charge < -0.3 is 14.8 Å². The number of aryl methyl sites for hydroxylation is 2. The minimum atomic E-state index is -0.672. The molecule has 1 N–H and O–H groups in total. The fraction of sp³-hybridized carbons (Fsp3) is 0.316. The Labute approximate surface area is 170 Å². The predicted molar refractivity (Wildman–Crippen MR) is 107 cm³/mol. The standard InChI is InChI=1S/C19H20N2O7S/c1-11-8-14(12(2)29-11)16(22)6-7-19(24)28-10-18(23)20-15-5-4-13(21(25)26)9-17(15)27-3/h4-5,8-9H,6-7,10H2,1-3H3,(H,20,23). The number of esters is 1. The number of benzene rings is 1. The Morgan fingerprint density at radius 3 is 2.48 bits per heavy atom. The van der Waals surface area contributed by atoms with Crippen molar-refractivity contribution in [3.8, 4) is 5.75 Å². The Kier molecular flexibility index (Phi) is 7.43. The first-order chi connectivity index (χ1) is 13.7. The average molecular weight is 420 g/mol. The first kappa shape index (κ1) is 22.0. The van der Waals surface area contributed by atoms with Crippen LogP contribution < -0.4 is 10.1 Å². The van der Waals surface area contributed by atoms with Gasteiger partial charge in [-0.15, -0.1) is 11.3 Å². The summed E-state index contributed by atoms with van der Waals surface area (Å²) in [6.45, 7) is 3.20. The second kappa shape index (κ2) is 9.78. The number of non-ortho nitro benzene ring substituents is 1. The molecule has 0 atom stereocenters. The topological polar surface area (TPSA) is 125 Å². The van der Waals surface area contributed by atoms with Gasteiger partial charge in [0.2, 0.25) is 0 Å². The number of methoxy groups -OCH3 is 1. The van der Waals surface area contributed by atoms with E-state index in [1.54, 1.807) is 6.07 Å². The number of carbonyl (C=O) groups excluding carboxylic acids is 3. The number of thiophene rings is 1. The fourth-order valence-corrected chi connectivity index (χ4v) is 3.50. The quantitative estimate of drug-likeness (QED) is 0.285. The van der Waals surface area contributed by atoms with Gasteiger partial charge in [0.25, 0.3) is 11.6 Å². The second-order valence-corrected chi connectivity index (χ2v) is 7.56. The zero-order valence-electron chi connectivity index (χ0n) is 16.1. The van der Waals surface area contributed by atoms with E-state index in [-0.39, 0.29) is 35.7 Å². The molecule has 0 fully saturated rings. The van der Waals surface area contributed by atoms with Crippen molar-refractivity contribution in [3.05, 3.63) is 49.7 Å². The molecule has 0 aliphatic rings. The van der Waals surface area contributed by atoms with Crippen molar-refractivity contribution >= 4 is 40.4 Å². The molecule has 2 rings (SSSR count). The Morgan fingerprint density at radius 1 is 1.17 bits per heavy atom. The molecule has 29 heavy (non-hydrogen) atoms. The first-order valence-electron chi connectivity index (χ1n) is 8.59. The minimum absolute atomic E-state index is 0.00631. The van der Waals surface area contributed by atoms with Crippen LogP contribution in [0.1, 0.15) is 33.0 Å². The van der Waals surface area contributed by atoms with E-state index >= 15 is 0 Å². The van der Waals surface area contributed by atoms with Gasteiger partial charge in [0.15, 0.2) is 12.4 Å². The monoisotopic (exact) mass is 420 g/mol. The number of hydrogen-bond acceptors (Lipinski definition) is 8. The van der Waals surface area contributed by atoms with Crippen molar-refractivity contribution in [2.45, 2.75) is 26.7 Å². The predicted octanol–water partition coefficient (Wildman–Crippen LogP) is 3.43. The molecule has 1 amide bonds. The first-order valence-corrected chi connectivity index (χ1v) is 9.41. The van der Waals surface area contributed by atoms with E-state index in [0.717, 1.165) is 9.75 Å². The Hall–Kier alpha value is -3.27. The summed E-state index contributed by atoms with van der Waals surface area (Å²) in [5.74, 6) is -1.36. The van der Waals surface area contributed by atoms with E-state index in [2.05, 4.69) is 5.32 Å². The summed E-state index contributed by atoms with van der Waals surface area (Å²) in [5.41, 5.74) is 0.618. The molecule has 0 unspecified atom stereocenters. The molecular weight excluding hydrogens is 400 g/mol. The van der Waals surface area contributed by atoms with Crippen LogP contribution >= 0.6 is 11.3 Å². The number of amides is 1. The lowest BCUT2D eigenvalue weighted by atomic mass is 10.1. The largest absolute Gasteiger partial charge is 0.494 e. The molecule has 0 radical (unpaired) electrons. The van der Waals surface area contributed by atoms with Gasteiger partial charge in [-0.2, -0.15) is 0 Å². The number of rotatable bonds is 9. The molecule has 0 bridgehead atoms. The molecule has 0 spiro atoms. The molecule has 154 valence electrons. The van der Waals surface area contributed by atoms with Gasteiger partial charge in [0, 0.05) is 27.8 Å². The Balaban J connectivity index is 1.83. The number of nitro groups is 1. The van der Waals surface area contributed by atoms with E-state index in [1.807, 2.05) is 13.8 Å². The number of ether oxygens (including phenoxy) is 2. The molecule has 0 saturated carbocycles. The summed E-state index contributed by atoms with van der Waals surface area (Å²) in [5, 5.41) is 13.2. The number of ketones is 1. The van der Waals surface area contributed by atoms with Gasteiger partial charge in [-0.3, -0.25) is 24.5 Å². The summed E-state index contributed by atoms with van der Waals surface area (Å²) in [4.78, 5) is 48.1. The maximum atomic E-state index is 12.2. The summed E-state index contributed by atoms with van der Waals surface area (Å²) >= 11 is 1.51. The molecule has 10 heteroatoms. The van der Waals surface area contributed by atoms with E-state index in [1.165, 1.54) is 36.6 Å². The minimum Gasteiger partial charge on any atom is -0.494 e. The fourth-order valence-electron chi connectivity index (χ4n) is 2.56. The van der Waals surface area contributed by atoms with Crippen LogP contribution in [0.5, 0.6) is 5.75 Å². The van der Waals surface area contributed by atoms with E-state index in [0.29, 0.717) is 5.56 Å². The Morgan fingerprint density at radius 2 is 1.90 bits per heavy atom. The van der Waals surface area contributed by atoms with Gasteiger partial charge in [-0.05, 0) is 26.0 Å². The number of nitro benzene ring substituents is 1. The van der Waals surface area contributed by atoms with E-state index < -0.39 is 23.4 Å². The molecule has 9 nitrogen and oxygen atoms in total. The van der Waals surface area contributed by atoms with Crippen molar-refractivity contribution in [1.82, 2.24) is 0 Å². The van der Waals surface area contributed by atoms with Crippen LogP contribution in [0.25, 0.3) is 0 Å². The third-order valence-electron chi connectivity index (χ3n) is 3.93. The molecule has 0 aliphatic heterocycles. The molecule has 1 aromatic carbocycles. The van der Waals surface area contributed by atoms with Gasteiger partial charge >= 0.3 is 5.97 Å². The molecule has 2 aromatic rings. The van der Waals surface area contributed by atoms with Crippen molar-refractivity contribution in [2.24, 2.45) is 0 Å². The molecule has 1 heterocycles.